The number of rotatable bonds is 9. The van der Waals surface area contributed by atoms with E-state index in [1.54, 1.807) is 0 Å². The first-order valence-electron chi connectivity index (χ1n) is 11.4. The number of aliphatic hydroxyl groups excluding tert-OH is 1. The minimum absolute atomic E-state index is 0.214. The maximum atomic E-state index is 13.4. The molecule has 0 amide bonds. The fraction of sp³-hybridized carbons (Fsp3) is 0.292. The molecule has 10 nitrogen and oxygen atoms in total. The molecule has 1 aliphatic rings. The van der Waals surface area contributed by atoms with Gasteiger partial charge in [0.05, 0.1) is 23.2 Å². The van der Waals surface area contributed by atoms with Gasteiger partial charge in [-0.1, -0.05) is 17.7 Å². The molecule has 37 heavy (non-hydrogen) atoms. The Hall–Kier alpha value is -2.87. The number of aliphatic hydroxyl groups is 1. The standard InChI is InChI=1S/C24H24ClN5O5S2/c25-17-2-1-15-3-4-30(20(15)7-17)10-14-5-22(36-12-14)23(32)19-9-27-13-28-24(19)29-18-6-16(21(31)8-18)11-35-37(26,33)34/h1-5,7,9,12-13,16,18,21,31H,6,8,10-11H2,(H2,26,33,34)(H,27,28,29)/t16-,18-,21+/m1/s1. The number of nitrogens with zero attached hydrogens (tertiary/aromatic N) is 3. The number of anilines is 1. The van der Waals surface area contributed by atoms with Crippen LogP contribution in [0.25, 0.3) is 10.9 Å². The van der Waals surface area contributed by atoms with Crippen LogP contribution >= 0.6 is 22.9 Å². The zero-order valence-electron chi connectivity index (χ0n) is 19.5. The second-order valence-electron chi connectivity index (χ2n) is 9.00. The molecular formula is C24H24ClN5O5S2. The molecule has 4 N–H and O–H groups in total. The number of ketones is 1. The molecule has 1 fully saturated rings. The number of carbonyl (C=O) groups excluding carboxylic acids is 1. The number of halogens is 1. The van der Waals surface area contributed by atoms with Crippen molar-refractivity contribution in [3.05, 3.63) is 75.5 Å². The quantitative estimate of drug-likeness (QED) is 0.264. The first kappa shape index (κ1) is 25.8. The molecule has 3 aromatic heterocycles. The molecule has 1 aliphatic carbocycles. The second kappa shape index (κ2) is 10.5. The molecule has 0 saturated heterocycles. The predicted octanol–water partition coefficient (Wildman–Crippen LogP) is 3.20. The molecule has 0 spiro atoms. The van der Waals surface area contributed by atoms with E-state index in [1.807, 2.05) is 41.9 Å². The fourth-order valence-corrected chi connectivity index (χ4v) is 5.98. The van der Waals surface area contributed by atoms with Gasteiger partial charge in [-0.25, -0.2) is 15.1 Å². The fourth-order valence-electron chi connectivity index (χ4n) is 4.59. The third kappa shape index (κ3) is 6.00. The zero-order chi connectivity index (χ0) is 26.2. The lowest BCUT2D eigenvalue weighted by atomic mass is 10.1. The monoisotopic (exact) mass is 561 g/mol. The highest BCUT2D eigenvalue weighted by Crippen LogP contribution is 2.31. The summed E-state index contributed by atoms with van der Waals surface area (Å²) in [6.45, 7) is 0.376. The molecule has 194 valence electrons. The molecule has 3 atom stereocenters. The Labute approximate surface area is 222 Å². The Morgan fingerprint density at radius 3 is 2.95 bits per heavy atom. The minimum Gasteiger partial charge on any atom is -0.393 e. The number of benzene rings is 1. The van der Waals surface area contributed by atoms with Gasteiger partial charge in [0, 0.05) is 41.4 Å². The second-order valence-corrected chi connectivity index (χ2v) is 11.6. The lowest BCUT2D eigenvalue weighted by Gasteiger charge is -2.15. The van der Waals surface area contributed by atoms with Crippen LogP contribution < -0.4 is 10.5 Å². The lowest BCUT2D eigenvalue weighted by Crippen LogP contribution is -2.24. The number of nitrogens with one attached hydrogen (secondary N) is 1. The van der Waals surface area contributed by atoms with Crippen molar-refractivity contribution in [3.63, 3.8) is 0 Å². The van der Waals surface area contributed by atoms with E-state index in [4.69, 9.17) is 16.7 Å². The van der Waals surface area contributed by atoms with Gasteiger partial charge in [-0.15, -0.1) is 11.3 Å². The smallest absolute Gasteiger partial charge is 0.333 e. The van der Waals surface area contributed by atoms with Crippen LogP contribution in [0.3, 0.4) is 0 Å². The molecular weight excluding hydrogens is 538 g/mol. The molecule has 0 radical (unpaired) electrons. The van der Waals surface area contributed by atoms with Crippen LogP contribution in [0.4, 0.5) is 5.82 Å². The highest BCUT2D eigenvalue weighted by molar-refractivity contribution is 7.84. The van der Waals surface area contributed by atoms with Gasteiger partial charge in [-0.2, -0.15) is 8.42 Å². The van der Waals surface area contributed by atoms with Crippen molar-refractivity contribution in [1.82, 2.24) is 14.5 Å². The Morgan fingerprint density at radius 1 is 1.30 bits per heavy atom. The number of hydrogen-bond acceptors (Lipinski definition) is 9. The normalized spacial score (nSPS) is 19.9. The Bertz CT molecular complexity index is 1550. The number of carbonyl (C=O) groups is 1. The van der Waals surface area contributed by atoms with E-state index in [0.717, 1.165) is 16.5 Å². The summed E-state index contributed by atoms with van der Waals surface area (Å²) < 4.78 is 28.9. The Kier molecular flexibility index (Phi) is 7.30. The van der Waals surface area contributed by atoms with E-state index < -0.39 is 22.3 Å². The number of thiophene rings is 1. The van der Waals surface area contributed by atoms with Crippen LogP contribution in [0.2, 0.25) is 5.02 Å². The number of hydrogen-bond donors (Lipinski definition) is 3. The summed E-state index contributed by atoms with van der Waals surface area (Å²) >= 11 is 7.51. The summed E-state index contributed by atoms with van der Waals surface area (Å²) in [5, 5.41) is 22.1. The number of fused-ring (bicyclic) bond motifs is 1. The van der Waals surface area contributed by atoms with Crippen molar-refractivity contribution < 1.29 is 22.5 Å². The van der Waals surface area contributed by atoms with Crippen LogP contribution in [0.1, 0.15) is 33.6 Å². The van der Waals surface area contributed by atoms with Gasteiger partial charge in [-0.3, -0.25) is 8.98 Å². The van der Waals surface area contributed by atoms with Crippen molar-refractivity contribution in [2.24, 2.45) is 11.1 Å². The van der Waals surface area contributed by atoms with Crippen molar-refractivity contribution >= 4 is 55.7 Å². The van der Waals surface area contributed by atoms with Crippen LogP contribution in [0.15, 0.2) is 54.4 Å². The lowest BCUT2D eigenvalue weighted by molar-refractivity contribution is 0.101. The van der Waals surface area contributed by atoms with E-state index >= 15 is 0 Å². The van der Waals surface area contributed by atoms with Crippen LogP contribution in [-0.2, 0) is 21.0 Å². The van der Waals surface area contributed by atoms with E-state index in [-0.39, 0.29) is 18.4 Å². The van der Waals surface area contributed by atoms with Crippen LogP contribution in [0, 0.1) is 5.92 Å². The third-order valence-electron chi connectivity index (χ3n) is 6.37. The summed E-state index contributed by atoms with van der Waals surface area (Å²) in [6.07, 6.45) is 4.78. The topological polar surface area (TPSA) is 149 Å². The molecule has 1 aromatic carbocycles. The van der Waals surface area contributed by atoms with Gasteiger partial charge < -0.3 is 15.0 Å². The first-order chi connectivity index (χ1) is 17.7. The molecule has 1 saturated carbocycles. The summed E-state index contributed by atoms with van der Waals surface area (Å²) in [5.74, 6) is -0.282. The average Bonchev–Trinajstić information content (AvgIpc) is 3.57. The van der Waals surface area contributed by atoms with Gasteiger partial charge in [-0.05, 0) is 53.4 Å². The molecule has 0 unspecified atom stereocenters. The predicted molar refractivity (Wildman–Crippen MR) is 141 cm³/mol. The van der Waals surface area contributed by atoms with E-state index in [1.165, 1.54) is 23.9 Å². The molecule has 3 heterocycles. The molecule has 4 aromatic rings. The van der Waals surface area contributed by atoms with E-state index in [0.29, 0.717) is 40.7 Å². The van der Waals surface area contributed by atoms with Gasteiger partial charge in [0.25, 0.3) is 0 Å². The SMILES string of the molecule is NS(=O)(=O)OC[C@H]1C[C@@H](Nc2ncncc2C(=O)c2cc(Cn3ccc4ccc(Cl)cc43)cs2)C[C@@H]1O. The van der Waals surface area contributed by atoms with Crippen molar-refractivity contribution in [3.8, 4) is 0 Å². The zero-order valence-corrected chi connectivity index (χ0v) is 21.8. The van der Waals surface area contributed by atoms with Crippen LogP contribution in [-0.4, -0.2) is 52.6 Å². The van der Waals surface area contributed by atoms with Gasteiger partial charge >= 0.3 is 10.3 Å². The molecule has 5 rings (SSSR count). The first-order valence-corrected chi connectivity index (χ1v) is 14.2. The highest BCUT2D eigenvalue weighted by Gasteiger charge is 2.34. The summed E-state index contributed by atoms with van der Waals surface area (Å²) in [7, 11) is -4.09. The van der Waals surface area contributed by atoms with E-state index in [9.17, 15) is 18.3 Å². The maximum absolute atomic E-state index is 13.4. The largest absolute Gasteiger partial charge is 0.393 e. The highest BCUT2D eigenvalue weighted by atomic mass is 35.5. The summed E-state index contributed by atoms with van der Waals surface area (Å²) in [4.78, 5) is 22.2. The van der Waals surface area contributed by atoms with Crippen molar-refractivity contribution in [2.75, 3.05) is 11.9 Å². The maximum Gasteiger partial charge on any atom is 0.333 e. The van der Waals surface area contributed by atoms with Gasteiger partial charge in [0.2, 0.25) is 5.78 Å². The van der Waals surface area contributed by atoms with Crippen LogP contribution in [0.5, 0.6) is 0 Å². The number of aromatic nitrogens is 3. The van der Waals surface area contributed by atoms with Crippen molar-refractivity contribution in [2.45, 2.75) is 31.5 Å². The summed E-state index contributed by atoms with van der Waals surface area (Å²) in [6, 6.07) is 9.39. The molecule has 0 bridgehead atoms. The average molecular weight is 562 g/mol. The van der Waals surface area contributed by atoms with Gasteiger partial charge in [0.1, 0.15) is 12.1 Å². The molecule has 0 aliphatic heterocycles. The third-order valence-corrected chi connectivity index (χ3v) is 8.05. The minimum atomic E-state index is -4.09. The van der Waals surface area contributed by atoms with E-state index in [2.05, 4.69) is 24.0 Å². The van der Waals surface area contributed by atoms with Crippen molar-refractivity contribution in [1.29, 1.82) is 0 Å². The Morgan fingerprint density at radius 2 is 2.14 bits per heavy atom. The molecule has 13 heteroatoms. The van der Waals surface area contributed by atoms with Gasteiger partial charge in [0.15, 0.2) is 0 Å². The number of nitrogens with two attached hydrogens (primary N) is 1. The Balaban J connectivity index is 1.29. The summed E-state index contributed by atoms with van der Waals surface area (Å²) in [5.41, 5.74) is 2.31.